The van der Waals surface area contributed by atoms with E-state index in [1.807, 2.05) is 13.8 Å². The number of aromatic hydroxyl groups is 3. The minimum Gasteiger partial charge on any atom is -0.507 e. The van der Waals surface area contributed by atoms with E-state index < -0.39 is 6.04 Å². The summed E-state index contributed by atoms with van der Waals surface area (Å²) in [6.45, 7) is 3.74. The van der Waals surface area contributed by atoms with Crippen LogP contribution in [0.1, 0.15) is 25.5 Å². The van der Waals surface area contributed by atoms with Crippen molar-refractivity contribution in [1.82, 2.24) is 0 Å². The van der Waals surface area contributed by atoms with Crippen LogP contribution in [0.2, 0.25) is 0 Å². The molecule has 0 spiro atoms. The molecule has 1 unspecified atom stereocenters. The summed E-state index contributed by atoms with van der Waals surface area (Å²) in [6, 6.07) is 2.04. The molecule has 0 bridgehead atoms. The highest BCUT2D eigenvalue weighted by atomic mass is 16.3. The van der Waals surface area contributed by atoms with Gasteiger partial charge in [0.05, 0.1) is 5.56 Å². The van der Waals surface area contributed by atoms with Crippen LogP contribution >= 0.6 is 0 Å². The Kier molecular flexibility index (Phi) is 2.86. The van der Waals surface area contributed by atoms with E-state index >= 15 is 0 Å². The van der Waals surface area contributed by atoms with Gasteiger partial charge in [-0.05, 0) is 18.1 Å². The van der Waals surface area contributed by atoms with Gasteiger partial charge in [-0.1, -0.05) is 13.8 Å². The quantitative estimate of drug-likeness (QED) is 0.427. The molecular weight excluding hydrogens is 182 g/mol. The fourth-order valence-corrected chi connectivity index (χ4v) is 1.25. The first-order valence-electron chi connectivity index (χ1n) is 4.44. The zero-order valence-corrected chi connectivity index (χ0v) is 8.23. The fourth-order valence-electron chi connectivity index (χ4n) is 1.25. The van der Waals surface area contributed by atoms with Gasteiger partial charge >= 0.3 is 0 Å². The Bertz CT molecular complexity index is 336. The van der Waals surface area contributed by atoms with Gasteiger partial charge in [-0.2, -0.15) is 0 Å². The van der Waals surface area contributed by atoms with Crippen LogP contribution in [0, 0.1) is 5.92 Å². The highest BCUT2D eigenvalue weighted by Crippen LogP contribution is 2.40. The summed E-state index contributed by atoms with van der Waals surface area (Å²) in [7, 11) is 0. The molecule has 0 amide bonds. The molecule has 0 heterocycles. The standard InChI is InChI=1S/C10H15NO3/c1-5(2)9(11)8-6(12)3-4-7(13)10(8)14/h3-5,9,12-14H,11H2,1-2H3. The van der Waals surface area contributed by atoms with Crippen LogP contribution < -0.4 is 5.73 Å². The van der Waals surface area contributed by atoms with Crippen molar-refractivity contribution < 1.29 is 15.3 Å². The van der Waals surface area contributed by atoms with Crippen molar-refractivity contribution in [2.24, 2.45) is 11.7 Å². The predicted molar refractivity (Wildman–Crippen MR) is 53.2 cm³/mol. The molecule has 0 aromatic heterocycles. The zero-order valence-electron chi connectivity index (χ0n) is 8.23. The van der Waals surface area contributed by atoms with Gasteiger partial charge in [-0.25, -0.2) is 0 Å². The van der Waals surface area contributed by atoms with Gasteiger partial charge in [0.1, 0.15) is 5.75 Å². The Balaban J connectivity index is 3.25. The average Bonchev–Trinajstić information content (AvgIpc) is 2.12. The monoisotopic (exact) mass is 197 g/mol. The van der Waals surface area contributed by atoms with E-state index in [9.17, 15) is 15.3 Å². The van der Waals surface area contributed by atoms with Crippen molar-refractivity contribution in [3.05, 3.63) is 17.7 Å². The Labute approximate surface area is 82.6 Å². The maximum absolute atomic E-state index is 9.51. The molecule has 1 rings (SSSR count). The second kappa shape index (κ2) is 3.75. The van der Waals surface area contributed by atoms with Crippen LogP contribution in [0.15, 0.2) is 12.1 Å². The van der Waals surface area contributed by atoms with E-state index in [2.05, 4.69) is 0 Å². The fraction of sp³-hybridized carbons (Fsp3) is 0.400. The maximum atomic E-state index is 9.51. The molecule has 0 radical (unpaired) electrons. The molecule has 14 heavy (non-hydrogen) atoms. The molecule has 0 saturated carbocycles. The van der Waals surface area contributed by atoms with Gasteiger partial charge in [0.15, 0.2) is 11.5 Å². The average molecular weight is 197 g/mol. The van der Waals surface area contributed by atoms with E-state index in [0.29, 0.717) is 0 Å². The van der Waals surface area contributed by atoms with Crippen LogP contribution in [0.5, 0.6) is 17.2 Å². The molecule has 5 N–H and O–H groups in total. The molecule has 1 aromatic rings. The van der Waals surface area contributed by atoms with Crippen molar-refractivity contribution in [2.75, 3.05) is 0 Å². The van der Waals surface area contributed by atoms with Gasteiger partial charge in [-0.15, -0.1) is 0 Å². The highest BCUT2D eigenvalue weighted by Gasteiger charge is 2.20. The summed E-state index contributed by atoms with van der Waals surface area (Å²) in [5.74, 6) is -0.643. The van der Waals surface area contributed by atoms with Gasteiger partial charge in [0.25, 0.3) is 0 Å². The molecule has 4 heteroatoms. The number of hydrogen-bond donors (Lipinski definition) is 4. The summed E-state index contributed by atoms with van der Waals surface area (Å²) in [4.78, 5) is 0. The number of phenols is 3. The van der Waals surface area contributed by atoms with Gasteiger partial charge in [0.2, 0.25) is 0 Å². The molecule has 1 aromatic carbocycles. The highest BCUT2D eigenvalue weighted by molar-refractivity contribution is 5.53. The molecule has 0 aliphatic carbocycles. The lowest BCUT2D eigenvalue weighted by Crippen LogP contribution is -2.16. The summed E-state index contributed by atoms with van der Waals surface area (Å²) in [5.41, 5.74) is 5.97. The third-order valence-corrected chi connectivity index (χ3v) is 2.22. The number of benzene rings is 1. The minimum atomic E-state index is -0.498. The molecule has 0 saturated heterocycles. The molecule has 0 fully saturated rings. The van der Waals surface area contributed by atoms with Crippen molar-refractivity contribution in [3.63, 3.8) is 0 Å². The number of rotatable bonds is 2. The number of hydrogen-bond acceptors (Lipinski definition) is 4. The molecule has 78 valence electrons. The summed E-state index contributed by atoms with van der Waals surface area (Å²) in [6.07, 6.45) is 0. The Hall–Kier alpha value is -1.42. The first-order chi connectivity index (χ1) is 6.45. The molecule has 1 atom stereocenters. The van der Waals surface area contributed by atoms with Crippen molar-refractivity contribution in [3.8, 4) is 17.2 Å². The largest absolute Gasteiger partial charge is 0.507 e. The zero-order chi connectivity index (χ0) is 10.9. The van der Waals surface area contributed by atoms with Crippen LogP contribution in [-0.4, -0.2) is 15.3 Å². The van der Waals surface area contributed by atoms with E-state index in [1.54, 1.807) is 0 Å². The van der Waals surface area contributed by atoms with Crippen LogP contribution in [0.4, 0.5) is 0 Å². The SMILES string of the molecule is CC(C)C(N)c1c(O)ccc(O)c1O. The first kappa shape index (κ1) is 10.7. The van der Waals surface area contributed by atoms with Gasteiger partial charge in [0, 0.05) is 6.04 Å². The van der Waals surface area contributed by atoms with E-state index in [1.165, 1.54) is 12.1 Å². The number of nitrogens with two attached hydrogens (primary N) is 1. The van der Waals surface area contributed by atoms with Gasteiger partial charge in [-0.3, -0.25) is 0 Å². The Morgan fingerprint density at radius 3 is 2.07 bits per heavy atom. The predicted octanol–water partition coefficient (Wildman–Crippen LogP) is 1.46. The molecule has 0 aliphatic rings. The van der Waals surface area contributed by atoms with E-state index in [-0.39, 0.29) is 28.7 Å². The smallest absolute Gasteiger partial charge is 0.166 e. The Morgan fingerprint density at radius 2 is 1.57 bits per heavy atom. The number of phenolic OH excluding ortho intramolecular Hbond substituents is 3. The third kappa shape index (κ3) is 1.75. The normalized spacial score (nSPS) is 13.1. The minimum absolute atomic E-state index is 0.0635. The summed E-state index contributed by atoms with van der Waals surface area (Å²) in [5, 5.41) is 28.2. The van der Waals surface area contributed by atoms with E-state index in [4.69, 9.17) is 5.73 Å². The van der Waals surface area contributed by atoms with Crippen molar-refractivity contribution in [1.29, 1.82) is 0 Å². The second-order valence-electron chi connectivity index (χ2n) is 3.64. The van der Waals surface area contributed by atoms with Crippen LogP contribution in [0.25, 0.3) is 0 Å². The Morgan fingerprint density at radius 1 is 1.07 bits per heavy atom. The van der Waals surface area contributed by atoms with Crippen molar-refractivity contribution >= 4 is 0 Å². The van der Waals surface area contributed by atoms with Crippen LogP contribution in [0.3, 0.4) is 0 Å². The first-order valence-corrected chi connectivity index (χ1v) is 4.44. The van der Waals surface area contributed by atoms with Crippen LogP contribution in [-0.2, 0) is 0 Å². The van der Waals surface area contributed by atoms with E-state index in [0.717, 1.165) is 0 Å². The topological polar surface area (TPSA) is 86.7 Å². The molecule has 0 aliphatic heterocycles. The maximum Gasteiger partial charge on any atom is 0.166 e. The summed E-state index contributed by atoms with van der Waals surface area (Å²) < 4.78 is 0. The lowest BCUT2D eigenvalue weighted by molar-refractivity contribution is 0.373. The molecule has 4 nitrogen and oxygen atoms in total. The van der Waals surface area contributed by atoms with Crippen molar-refractivity contribution in [2.45, 2.75) is 19.9 Å². The second-order valence-corrected chi connectivity index (χ2v) is 3.64. The molecular formula is C10H15NO3. The third-order valence-electron chi connectivity index (χ3n) is 2.22. The summed E-state index contributed by atoms with van der Waals surface area (Å²) >= 11 is 0. The van der Waals surface area contributed by atoms with Gasteiger partial charge < -0.3 is 21.1 Å². The lowest BCUT2D eigenvalue weighted by atomic mass is 9.95. The lowest BCUT2D eigenvalue weighted by Gasteiger charge is -2.18.